The summed E-state index contributed by atoms with van der Waals surface area (Å²) in [5, 5.41) is 3.72. The predicted octanol–water partition coefficient (Wildman–Crippen LogP) is 4.58. The standard InChI is InChI=1S/C18H18N2S/c1-14(17-12-19-13-21-17)20-18(15-8-4-2-5-9-15)16-10-6-3-7-11-16/h2-14,18,20H,1H3. The lowest BCUT2D eigenvalue weighted by molar-refractivity contribution is 0.522. The first-order valence-electron chi connectivity index (χ1n) is 7.09. The van der Waals surface area contributed by atoms with Gasteiger partial charge in [0.05, 0.1) is 11.6 Å². The van der Waals surface area contributed by atoms with E-state index < -0.39 is 0 Å². The van der Waals surface area contributed by atoms with Gasteiger partial charge in [-0.2, -0.15) is 0 Å². The van der Waals surface area contributed by atoms with Gasteiger partial charge in [-0.1, -0.05) is 60.7 Å². The van der Waals surface area contributed by atoms with Crippen LogP contribution in [0.15, 0.2) is 72.4 Å². The number of rotatable bonds is 5. The topological polar surface area (TPSA) is 24.9 Å². The maximum absolute atomic E-state index is 4.17. The van der Waals surface area contributed by atoms with E-state index in [1.165, 1.54) is 16.0 Å². The van der Waals surface area contributed by atoms with Crippen LogP contribution in [-0.2, 0) is 0 Å². The molecule has 2 nitrogen and oxygen atoms in total. The van der Waals surface area contributed by atoms with Crippen molar-refractivity contribution in [1.82, 2.24) is 10.3 Å². The summed E-state index contributed by atoms with van der Waals surface area (Å²) < 4.78 is 0. The van der Waals surface area contributed by atoms with Crippen LogP contribution in [0.5, 0.6) is 0 Å². The molecule has 3 rings (SSSR count). The van der Waals surface area contributed by atoms with Gasteiger partial charge in [-0.15, -0.1) is 11.3 Å². The Kier molecular flexibility index (Phi) is 4.43. The van der Waals surface area contributed by atoms with Crippen molar-refractivity contribution in [2.24, 2.45) is 0 Å². The van der Waals surface area contributed by atoms with Crippen LogP contribution in [0.1, 0.15) is 35.0 Å². The van der Waals surface area contributed by atoms with E-state index in [0.29, 0.717) is 0 Å². The van der Waals surface area contributed by atoms with Crippen molar-refractivity contribution in [3.8, 4) is 0 Å². The Morgan fingerprint density at radius 1 is 0.905 bits per heavy atom. The van der Waals surface area contributed by atoms with E-state index in [-0.39, 0.29) is 12.1 Å². The van der Waals surface area contributed by atoms with Crippen LogP contribution < -0.4 is 5.32 Å². The van der Waals surface area contributed by atoms with E-state index in [9.17, 15) is 0 Å². The molecule has 1 aromatic heterocycles. The second-order valence-corrected chi connectivity index (χ2v) is 5.96. The number of hydrogen-bond acceptors (Lipinski definition) is 3. The number of thiazole rings is 1. The van der Waals surface area contributed by atoms with E-state index in [2.05, 4.69) is 77.9 Å². The van der Waals surface area contributed by atoms with Crippen molar-refractivity contribution in [2.45, 2.75) is 19.0 Å². The van der Waals surface area contributed by atoms with E-state index in [4.69, 9.17) is 0 Å². The molecular formula is C18H18N2S. The van der Waals surface area contributed by atoms with Crippen LogP contribution in [0.4, 0.5) is 0 Å². The van der Waals surface area contributed by atoms with Gasteiger partial charge in [0.25, 0.3) is 0 Å². The molecule has 1 heterocycles. The van der Waals surface area contributed by atoms with E-state index in [0.717, 1.165) is 0 Å². The number of nitrogens with one attached hydrogen (secondary N) is 1. The fraction of sp³-hybridized carbons (Fsp3) is 0.167. The zero-order valence-corrected chi connectivity index (χ0v) is 12.8. The SMILES string of the molecule is CC(NC(c1ccccc1)c1ccccc1)c1cncs1. The first-order chi connectivity index (χ1) is 10.3. The molecule has 0 aliphatic carbocycles. The molecule has 2 aromatic carbocycles. The number of benzene rings is 2. The molecule has 3 aromatic rings. The van der Waals surface area contributed by atoms with Crippen LogP contribution in [0.3, 0.4) is 0 Å². The van der Waals surface area contributed by atoms with Crippen LogP contribution in [-0.4, -0.2) is 4.98 Å². The van der Waals surface area contributed by atoms with Gasteiger partial charge in [0.15, 0.2) is 0 Å². The molecule has 106 valence electrons. The third kappa shape index (κ3) is 3.38. The van der Waals surface area contributed by atoms with Crippen LogP contribution >= 0.6 is 11.3 Å². The summed E-state index contributed by atoms with van der Waals surface area (Å²) in [5.74, 6) is 0. The minimum Gasteiger partial charge on any atom is -0.299 e. The Labute approximate surface area is 129 Å². The molecule has 0 saturated carbocycles. The Morgan fingerprint density at radius 2 is 1.48 bits per heavy atom. The van der Waals surface area contributed by atoms with E-state index in [1.807, 2.05) is 11.7 Å². The first kappa shape index (κ1) is 14.0. The van der Waals surface area contributed by atoms with Crippen LogP contribution in [0.25, 0.3) is 0 Å². The van der Waals surface area contributed by atoms with Crippen molar-refractivity contribution < 1.29 is 0 Å². The Bertz CT molecular complexity index is 611. The maximum Gasteiger partial charge on any atom is 0.0794 e. The normalized spacial score (nSPS) is 12.5. The molecule has 0 aliphatic heterocycles. The number of aromatic nitrogens is 1. The zero-order chi connectivity index (χ0) is 14.5. The zero-order valence-electron chi connectivity index (χ0n) is 11.9. The van der Waals surface area contributed by atoms with Gasteiger partial charge in [-0.25, -0.2) is 0 Å². The van der Waals surface area contributed by atoms with Gasteiger partial charge in [0, 0.05) is 17.1 Å². The minimum atomic E-state index is 0.185. The van der Waals surface area contributed by atoms with Crippen molar-refractivity contribution in [2.75, 3.05) is 0 Å². The lowest BCUT2D eigenvalue weighted by atomic mass is 9.98. The fourth-order valence-corrected chi connectivity index (χ4v) is 3.08. The molecule has 0 radical (unpaired) electrons. The maximum atomic E-state index is 4.17. The summed E-state index contributed by atoms with van der Waals surface area (Å²) in [6.45, 7) is 2.19. The molecule has 1 atom stereocenters. The average molecular weight is 294 g/mol. The molecule has 1 unspecified atom stereocenters. The second-order valence-electron chi connectivity index (χ2n) is 5.05. The summed E-state index contributed by atoms with van der Waals surface area (Å²) >= 11 is 1.69. The average Bonchev–Trinajstić information content (AvgIpc) is 3.09. The van der Waals surface area contributed by atoms with Gasteiger partial charge in [0.1, 0.15) is 0 Å². The third-order valence-electron chi connectivity index (χ3n) is 3.56. The summed E-state index contributed by atoms with van der Waals surface area (Å²) in [4.78, 5) is 5.43. The summed E-state index contributed by atoms with van der Waals surface area (Å²) in [7, 11) is 0. The Morgan fingerprint density at radius 3 is 1.95 bits per heavy atom. The van der Waals surface area contributed by atoms with Crippen molar-refractivity contribution >= 4 is 11.3 Å². The molecule has 3 heteroatoms. The third-order valence-corrected chi connectivity index (χ3v) is 4.52. The highest BCUT2D eigenvalue weighted by Gasteiger charge is 2.17. The lowest BCUT2D eigenvalue weighted by Gasteiger charge is -2.23. The minimum absolute atomic E-state index is 0.185. The summed E-state index contributed by atoms with van der Waals surface area (Å²) in [5.41, 5.74) is 4.44. The van der Waals surface area contributed by atoms with Crippen molar-refractivity contribution in [3.05, 3.63) is 88.4 Å². The smallest absolute Gasteiger partial charge is 0.0794 e. The second kappa shape index (κ2) is 6.66. The predicted molar refractivity (Wildman–Crippen MR) is 88.4 cm³/mol. The molecule has 0 bridgehead atoms. The highest BCUT2D eigenvalue weighted by molar-refractivity contribution is 7.09. The molecule has 21 heavy (non-hydrogen) atoms. The van der Waals surface area contributed by atoms with Crippen molar-refractivity contribution in [3.63, 3.8) is 0 Å². The molecule has 0 spiro atoms. The summed E-state index contributed by atoms with van der Waals surface area (Å²) in [6, 6.07) is 21.6. The Balaban J connectivity index is 1.90. The highest BCUT2D eigenvalue weighted by Crippen LogP contribution is 2.26. The summed E-state index contributed by atoms with van der Waals surface area (Å²) in [6.07, 6.45) is 1.94. The van der Waals surface area contributed by atoms with Crippen LogP contribution in [0, 0.1) is 0 Å². The lowest BCUT2D eigenvalue weighted by Crippen LogP contribution is -2.25. The molecule has 0 aliphatic rings. The molecule has 0 amide bonds. The first-order valence-corrected chi connectivity index (χ1v) is 7.97. The van der Waals surface area contributed by atoms with Gasteiger partial charge >= 0.3 is 0 Å². The highest BCUT2D eigenvalue weighted by atomic mass is 32.1. The Hall–Kier alpha value is -1.97. The quantitative estimate of drug-likeness (QED) is 0.745. The number of nitrogens with zero attached hydrogens (tertiary/aromatic N) is 1. The van der Waals surface area contributed by atoms with Crippen molar-refractivity contribution in [1.29, 1.82) is 0 Å². The molecule has 1 N–H and O–H groups in total. The molecular weight excluding hydrogens is 276 g/mol. The molecule has 0 fully saturated rings. The van der Waals surface area contributed by atoms with Gasteiger partial charge in [0.2, 0.25) is 0 Å². The van der Waals surface area contributed by atoms with Crippen LogP contribution in [0.2, 0.25) is 0 Å². The van der Waals surface area contributed by atoms with E-state index in [1.54, 1.807) is 11.3 Å². The van der Waals surface area contributed by atoms with Gasteiger partial charge in [-0.3, -0.25) is 10.3 Å². The number of hydrogen-bond donors (Lipinski definition) is 1. The fourth-order valence-electron chi connectivity index (χ4n) is 2.45. The van der Waals surface area contributed by atoms with Gasteiger partial charge in [-0.05, 0) is 18.1 Å². The molecule has 0 saturated heterocycles. The monoisotopic (exact) mass is 294 g/mol. The van der Waals surface area contributed by atoms with E-state index >= 15 is 0 Å². The largest absolute Gasteiger partial charge is 0.299 e. The van der Waals surface area contributed by atoms with Gasteiger partial charge < -0.3 is 0 Å².